The predicted molar refractivity (Wildman–Crippen MR) is 194 cm³/mol. The summed E-state index contributed by atoms with van der Waals surface area (Å²) in [4.78, 5) is 1.40. The Bertz CT molecular complexity index is 1200. The normalized spacial score (nSPS) is 24.0. The monoisotopic (exact) mass is 670 g/mol. The molecule has 0 aliphatic carbocycles. The van der Waals surface area contributed by atoms with Crippen LogP contribution in [-0.4, -0.2) is 63.7 Å². The molecule has 0 aromatic heterocycles. The molecule has 2 aliphatic rings. The molecule has 264 valence electrons. The summed E-state index contributed by atoms with van der Waals surface area (Å²) in [5.41, 5.74) is 4.95. The van der Waals surface area contributed by atoms with Crippen LogP contribution in [0.5, 0.6) is 11.5 Å². The van der Waals surface area contributed by atoms with Crippen LogP contribution < -0.4 is 9.47 Å². The third kappa shape index (κ3) is 10.1. The van der Waals surface area contributed by atoms with Gasteiger partial charge in [0.25, 0.3) is 0 Å². The molecule has 0 radical (unpaired) electrons. The molecule has 2 unspecified atom stereocenters. The highest BCUT2D eigenvalue weighted by molar-refractivity contribution is 8.00. The zero-order chi connectivity index (χ0) is 33.6. The van der Waals surface area contributed by atoms with E-state index in [1.54, 1.807) is 7.11 Å². The average Bonchev–Trinajstić information content (AvgIpc) is 3.39. The van der Waals surface area contributed by atoms with Gasteiger partial charge in [0, 0.05) is 42.0 Å². The van der Waals surface area contributed by atoms with Crippen LogP contribution in [0.2, 0.25) is 0 Å². The van der Waals surface area contributed by atoms with Crippen LogP contribution in [0.4, 0.5) is 0 Å². The van der Waals surface area contributed by atoms with Gasteiger partial charge in [-0.25, -0.2) is 0 Å². The van der Waals surface area contributed by atoms with Gasteiger partial charge in [0.2, 0.25) is 0 Å². The molecule has 1 fully saturated rings. The topological polar surface area (TPSA) is 55.4 Å². The van der Waals surface area contributed by atoms with E-state index in [9.17, 15) is 0 Å². The number of ether oxygens (including phenoxy) is 6. The molecule has 0 saturated carbocycles. The molecule has 6 nitrogen and oxygen atoms in total. The number of hydrogen-bond donors (Lipinski definition) is 0. The van der Waals surface area contributed by atoms with E-state index in [1.165, 1.54) is 16.0 Å². The average molecular weight is 671 g/mol. The largest absolute Gasteiger partial charge is 0.493 e. The van der Waals surface area contributed by atoms with Crippen molar-refractivity contribution < 1.29 is 28.4 Å². The van der Waals surface area contributed by atoms with Crippen molar-refractivity contribution in [3.05, 3.63) is 52.6 Å². The molecule has 2 aromatic carbocycles. The first-order valence-corrected chi connectivity index (χ1v) is 19.4. The fraction of sp³-hybridized carbons (Fsp3) is 0.700. The van der Waals surface area contributed by atoms with Crippen molar-refractivity contribution in [2.24, 2.45) is 0 Å². The van der Waals surface area contributed by atoms with Crippen LogP contribution >= 0.6 is 11.8 Å². The molecule has 2 aromatic rings. The molecule has 6 atom stereocenters. The lowest BCUT2D eigenvalue weighted by molar-refractivity contribution is -0.216. The molecule has 0 N–H and O–H groups in total. The second-order valence-electron chi connectivity index (χ2n) is 13.3. The summed E-state index contributed by atoms with van der Waals surface area (Å²) in [7, 11) is 1.77. The molecule has 4 rings (SSSR count). The maximum atomic E-state index is 7.04. The van der Waals surface area contributed by atoms with Gasteiger partial charge in [0.1, 0.15) is 12.2 Å². The van der Waals surface area contributed by atoms with Gasteiger partial charge in [-0.2, -0.15) is 0 Å². The highest BCUT2D eigenvalue weighted by Gasteiger charge is 2.43. The van der Waals surface area contributed by atoms with Crippen molar-refractivity contribution in [3.63, 3.8) is 0 Å². The van der Waals surface area contributed by atoms with Gasteiger partial charge >= 0.3 is 0 Å². The smallest absolute Gasteiger partial charge is 0.167 e. The predicted octanol–water partition coefficient (Wildman–Crippen LogP) is 10.0. The van der Waals surface area contributed by atoms with E-state index in [-0.39, 0.29) is 24.4 Å². The number of thioether (sulfide) groups is 1. The number of fused-ring (bicyclic) bond motifs is 1. The van der Waals surface area contributed by atoms with Crippen LogP contribution in [0, 0.1) is 6.92 Å². The second-order valence-corrected chi connectivity index (χ2v) is 14.6. The minimum absolute atomic E-state index is 0.101. The van der Waals surface area contributed by atoms with Gasteiger partial charge < -0.3 is 28.4 Å². The van der Waals surface area contributed by atoms with Gasteiger partial charge in [-0.05, 0) is 73.8 Å². The van der Waals surface area contributed by atoms with Crippen molar-refractivity contribution in [1.82, 2.24) is 0 Å². The fourth-order valence-corrected chi connectivity index (χ4v) is 8.15. The Balaban J connectivity index is 1.71. The zero-order valence-electron chi connectivity index (χ0n) is 30.3. The maximum Gasteiger partial charge on any atom is 0.167 e. The first kappa shape index (κ1) is 38.0. The van der Waals surface area contributed by atoms with Gasteiger partial charge in [-0.3, -0.25) is 0 Å². The third-order valence-electron chi connectivity index (χ3n) is 9.66. The van der Waals surface area contributed by atoms with Crippen molar-refractivity contribution in [2.45, 2.75) is 146 Å². The summed E-state index contributed by atoms with van der Waals surface area (Å²) in [5.74, 6) is 2.11. The van der Waals surface area contributed by atoms with E-state index < -0.39 is 0 Å². The van der Waals surface area contributed by atoms with Crippen LogP contribution in [0.15, 0.2) is 35.2 Å². The third-order valence-corrected chi connectivity index (χ3v) is 11.2. The molecule has 47 heavy (non-hydrogen) atoms. The Morgan fingerprint density at radius 2 is 1.51 bits per heavy atom. The summed E-state index contributed by atoms with van der Waals surface area (Å²) in [5, 5.41) is 0.448. The van der Waals surface area contributed by atoms with Crippen LogP contribution in [0.25, 0.3) is 0 Å². The fourth-order valence-electron chi connectivity index (χ4n) is 6.67. The van der Waals surface area contributed by atoms with Crippen LogP contribution in [-0.2, 0) is 25.4 Å². The molecule has 1 saturated heterocycles. The minimum atomic E-state index is -0.242. The Morgan fingerprint density at radius 1 is 0.830 bits per heavy atom. The van der Waals surface area contributed by atoms with Crippen molar-refractivity contribution in [3.8, 4) is 11.5 Å². The Morgan fingerprint density at radius 3 is 2.21 bits per heavy atom. The molecule has 0 bridgehead atoms. The summed E-state index contributed by atoms with van der Waals surface area (Å²) in [6.45, 7) is 16.6. The number of methoxy groups -OCH3 is 1. The van der Waals surface area contributed by atoms with E-state index in [0.717, 1.165) is 87.0 Å². The van der Waals surface area contributed by atoms with Gasteiger partial charge in [-0.15, -0.1) is 11.8 Å². The van der Waals surface area contributed by atoms with E-state index >= 15 is 0 Å². The van der Waals surface area contributed by atoms with E-state index in [4.69, 9.17) is 28.4 Å². The van der Waals surface area contributed by atoms with Gasteiger partial charge in [0.15, 0.2) is 11.5 Å². The number of hydrogen-bond acceptors (Lipinski definition) is 7. The lowest BCUT2D eigenvalue weighted by Crippen LogP contribution is -2.50. The Labute approximate surface area is 289 Å². The maximum absolute atomic E-state index is 7.04. The van der Waals surface area contributed by atoms with E-state index in [0.29, 0.717) is 44.0 Å². The minimum Gasteiger partial charge on any atom is -0.493 e. The first-order valence-electron chi connectivity index (χ1n) is 18.5. The standard InChI is InChI=1S/C40H62O6S/c1-8-12-20-42-27-35-40(45-23-15-11-4)34(43-21-13-9-2)26-33(46-35)32-24-30(28(5)38(41-7)39(32)44-22-14-10-3)25-37-29(6)31-18-16-17-19-36(31)47-37/h16-19,24,29,33-35,37,40H,8-15,20-23,25-27H2,1-7H3/t29?,33-,34-,35-,37?,40+/m1/s1. The molecule has 0 spiro atoms. The quantitative estimate of drug-likeness (QED) is 0.123. The second kappa shape index (κ2) is 20.0. The molecular formula is C40H62O6S. The van der Waals surface area contributed by atoms with Gasteiger partial charge in [0.05, 0.1) is 32.5 Å². The summed E-state index contributed by atoms with van der Waals surface area (Å²) in [6, 6.07) is 11.2. The molecule has 0 amide bonds. The number of rotatable bonds is 21. The Kier molecular flexibility index (Phi) is 16.2. The van der Waals surface area contributed by atoms with Crippen molar-refractivity contribution in [1.29, 1.82) is 0 Å². The van der Waals surface area contributed by atoms with Crippen LogP contribution in [0.3, 0.4) is 0 Å². The lowest BCUT2D eigenvalue weighted by Gasteiger charge is -2.42. The highest BCUT2D eigenvalue weighted by atomic mass is 32.2. The number of unbranched alkanes of at least 4 members (excludes halogenated alkanes) is 4. The number of benzene rings is 2. The summed E-state index contributed by atoms with van der Waals surface area (Å²) < 4.78 is 39.3. The van der Waals surface area contributed by atoms with E-state index in [2.05, 4.69) is 71.9 Å². The first-order chi connectivity index (χ1) is 23.0. The molecular weight excluding hydrogens is 609 g/mol. The van der Waals surface area contributed by atoms with Crippen molar-refractivity contribution >= 4 is 11.8 Å². The zero-order valence-corrected chi connectivity index (χ0v) is 31.1. The summed E-state index contributed by atoms with van der Waals surface area (Å²) >= 11 is 2.00. The van der Waals surface area contributed by atoms with Gasteiger partial charge in [-0.1, -0.05) is 78.5 Å². The molecule has 2 aliphatic heterocycles. The Hall–Kier alpha value is -1.77. The van der Waals surface area contributed by atoms with E-state index in [1.807, 2.05) is 11.8 Å². The lowest BCUT2D eigenvalue weighted by atomic mass is 9.88. The SMILES string of the molecule is CCCCOC[C@H]1O[C@@H](c2cc(CC3Sc4ccccc4C3C)c(C)c(OC)c2OCCCC)C[C@@H](OCCCC)[C@@H]1OCCCC. The molecule has 2 heterocycles. The highest BCUT2D eigenvalue weighted by Crippen LogP contribution is 2.49. The van der Waals surface area contributed by atoms with Crippen LogP contribution in [0.1, 0.15) is 127 Å². The van der Waals surface area contributed by atoms with Crippen molar-refractivity contribution in [2.75, 3.05) is 40.1 Å². The summed E-state index contributed by atoms with van der Waals surface area (Å²) in [6.07, 6.45) is 9.27. The molecule has 7 heteroatoms.